The lowest BCUT2D eigenvalue weighted by atomic mass is 10.00. The molecule has 0 spiro atoms. The van der Waals surface area contributed by atoms with Gasteiger partial charge in [-0.15, -0.1) is 0 Å². The summed E-state index contributed by atoms with van der Waals surface area (Å²) in [6, 6.07) is 12.3. The molecule has 0 bridgehead atoms. The number of aliphatic hydroxyl groups is 1. The quantitative estimate of drug-likeness (QED) is 0.886. The first-order valence-electron chi connectivity index (χ1n) is 5.75. The van der Waals surface area contributed by atoms with Gasteiger partial charge in [0.05, 0.1) is 11.1 Å². The second-order valence-electron chi connectivity index (χ2n) is 4.35. The van der Waals surface area contributed by atoms with E-state index in [9.17, 15) is 9.50 Å². The molecule has 2 aromatic carbocycles. The van der Waals surface area contributed by atoms with Gasteiger partial charge in [0.15, 0.2) is 0 Å². The molecule has 1 unspecified atom stereocenters. The zero-order chi connectivity index (χ0) is 13.1. The third kappa shape index (κ3) is 2.89. The van der Waals surface area contributed by atoms with Gasteiger partial charge in [-0.25, -0.2) is 4.39 Å². The lowest BCUT2D eigenvalue weighted by Crippen LogP contribution is -2.03. The van der Waals surface area contributed by atoms with Gasteiger partial charge in [-0.05, 0) is 24.1 Å². The van der Waals surface area contributed by atoms with Crippen LogP contribution >= 0.6 is 11.6 Å². The van der Waals surface area contributed by atoms with Gasteiger partial charge >= 0.3 is 0 Å². The molecule has 0 aliphatic rings. The van der Waals surface area contributed by atoms with Crippen molar-refractivity contribution in [2.45, 2.75) is 19.4 Å². The summed E-state index contributed by atoms with van der Waals surface area (Å²) in [6.45, 7) is 1.96. The largest absolute Gasteiger partial charge is 0.388 e. The van der Waals surface area contributed by atoms with E-state index in [0.717, 1.165) is 11.1 Å². The Kier molecular flexibility index (Phi) is 4.00. The molecule has 3 heteroatoms. The lowest BCUT2D eigenvalue weighted by Gasteiger charge is -2.13. The van der Waals surface area contributed by atoms with Crippen LogP contribution in [0.15, 0.2) is 42.5 Å². The van der Waals surface area contributed by atoms with Crippen molar-refractivity contribution in [2.75, 3.05) is 0 Å². The molecular formula is C15H14ClFO. The maximum atomic E-state index is 13.3. The maximum absolute atomic E-state index is 13.3. The van der Waals surface area contributed by atoms with E-state index < -0.39 is 11.9 Å². The van der Waals surface area contributed by atoms with Gasteiger partial charge in [0.1, 0.15) is 5.82 Å². The van der Waals surface area contributed by atoms with Gasteiger partial charge in [-0.1, -0.05) is 53.6 Å². The number of aliphatic hydroxyl groups excluding tert-OH is 1. The van der Waals surface area contributed by atoms with Crippen molar-refractivity contribution in [3.05, 3.63) is 70.0 Å². The highest BCUT2D eigenvalue weighted by Crippen LogP contribution is 2.25. The fraction of sp³-hybridized carbons (Fsp3) is 0.200. The number of hydrogen-bond acceptors (Lipinski definition) is 1. The molecule has 94 valence electrons. The first-order valence-corrected chi connectivity index (χ1v) is 6.13. The molecule has 18 heavy (non-hydrogen) atoms. The highest BCUT2D eigenvalue weighted by molar-refractivity contribution is 6.31. The van der Waals surface area contributed by atoms with Crippen molar-refractivity contribution in [1.29, 1.82) is 0 Å². The molecule has 0 radical (unpaired) electrons. The van der Waals surface area contributed by atoms with Crippen molar-refractivity contribution in [1.82, 2.24) is 0 Å². The van der Waals surface area contributed by atoms with Crippen molar-refractivity contribution in [2.24, 2.45) is 0 Å². The van der Waals surface area contributed by atoms with Crippen molar-refractivity contribution in [3.63, 3.8) is 0 Å². The molecule has 2 aromatic rings. The van der Waals surface area contributed by atoms with Crippen LogP contribution in [0.25, 0.3) is 0 Å². The van der Waals surface area contributed by atoms with Crippen molar-refractivity contribution >= 4 is 11.6 Å². The van der Waals surface area contributed by atoms with E-state index >= 15 is 0 Å². The first-order chi connectivity index (χ1) is 8.58. The van der Waals surface area contributed by atoms with E-state index in [2.05, 4.69) is 0 Å². The number of aryl methyl sites for hydroxylation is 1. The highest BCUT2D eigenvalue weighted by Gasteiger charge is 2.12. The number of benzene rings is 2. The molecule has 2 rings (SSSR count). The molecule has 0 amide bonds. The average molecular weight is 265 g/mol. The minimum Gasteiger partial charge on any atom is -0.388 e. The molecule has 0 saturated carbocycles. The summed E-state index contributed by atoms with van der Waals surface area (Å²) >= 11 is 5.87. The number of hydrogen-bond donors (Lipinski definition) is 1. The Morgan fingerprint density at radius 3 is 2.67 bits per heavy atom. The monoisotopic (exact) mass is 264 g/mol. The number of rotatable bonds is 3. The molecule has 0 saturated heterocycles. The average Bonchev–Trinajstić information content (AvgIpc) is 2.35. The van der Waals surface area contributed by atoms with E-state index in [-0.39, 0.29) is 5.02 Å². The molecule has 1 atom stereocenters. The Labute approximate surface area is 111 Å². The van der Waals surface area contributed by atoms with Gasteiger partial charge in [0, 0.05) is 6.42 Å². The first kappa shape index (κ1) is 13.1. The molecule has 1 nitrogen and oxygen atoms in total. The molecule has 0 aliphatic heterocycles. The molecule has 0 aromatic heterocycles. The minimum absolute atomic E-state index is 0.0872. The van der Waals surface area contributed by atoms with Crippen LogP contribution in [0, 0.1) is 12.7 Å². The van der Waals surface area contributed by atoms with Gasteiger partial charge in [-0.3, -0.25) is 0 Å². The van der Waals surface area contributed by atoms with Crippen LogP contribution in [0.1, 0.15) is 22.8 Å². The molecule has 0 heterocycles. The fourth-order valence-electron chi connectivity index (χ4n) is 1.91. The summed E-state index contributed by atoms with van der Waals surface area (Å²) < 4.78 is 13.3. The Hall–Kier alpha value is -1.38. The Balaban J connectivity index is 2.21. The van der Waals surface area contributed by atoms with E-state index in [1.165, 1.54) is 6.07 Å². The summed E-state index contributed by atoms with van der Waals surface area (Å²) in [4.78, 5) is 0. The molecule has 0 aliphatic carbocycles. The zero-order valence-corrected chi connectivity index (χ0v) is 10.8. The van der Waals surface area contributed by atoms with Gasteiger partial charge in [-0.2, -0.15) is 0 Å². The molecule has 1 N–H and O–H groups in total. The van der Waals surface area contributed by atoms with Crippen LogP contribution in [0.3, 0.4) is 0 Å². The van der Waals surface area contributed by atoms with Crippen LogP contribution in [-0.4, -0.2) is 5.11 Å². The number of halogens is 2. The third-order valence-corrected chi connectivity index (χ3v) is 3.30. The van der Waals surface area contributed by atoms with Crippen LogP contribution < -0.4 is 0 Å². The second-order valence-corrected chi connectivity index (χ2v) is 4.72. The minimum atomic E-state index is -0.677. The van der Waals surface area contributed by atoms with Crippen LogP contribution in [0.2, 0.25) is 5.02 Å². The summed E-state index contributed by atoms with van der Waals surface area (Å²) in [6.07, 6.45) is -0.371. The topological polar surface area (TPSA) is 20.2 Å². The van der Waals surface area contributed by atoms with Crippen molar-refractivity contribution in [3.8, 4) is 0 Å². The smallest absolute Gasteiger partial charge is 0.142 e. The summed E-state index contributed by atoms with van der Waals surface area (Å²) in [7, 11) is 0. The summed E-state index contributed by atoms with van der Waals surface area (Å²) in [5.41, 5.74) is 2.51. The standard InChI is InChI=1S/C15H14ClFO/c1-10-4-2-5-11(8-10)14(18)9-12-6-3-7-13(17)15(12)16/h2-8,14,18H,9H2,1H3. The van der Waals surface area contributed by atoms with E-state index in [4.69, 9.17) is 11.6 Å². The third-order valence-electron chi connectivity index (χ3n) is 2.87. The SMILES string of the molecule is Cc1cccc(C(O)Cc2cccc(F)c2Cl)c1. The second kappa shape index (κ2) is 5.51. The highest BCUT2D eigenvalue weighted by atomic mass is 35.5. The lowest BCUT2D eigenvalue weighted by molar-refractivity contribution is 0.178. The Bertz CT molecular complexity index is 554. The Morgan fingerprint density at radius 1 is 1.22 bits per heavy atom. The molecule has 0 fully saturated rings. The predicted octanol–water partition coefficient (Wildman–Crippen LogP) is 4.06. The van der Waals surface area contributed by atoms with Gasteiger partial charge in [0.2, 0.25) is 0 Å². The van der Waals surface area contributed by atoms with Crippen LogP contribution in [0.4, 0.5) is 4.39 Å². The van der Waals surface area contributed by atoms with Crippen LogP contribution in [-0.2, 0) is 6.42 Å². The fourth-order valence-corrected chi connectivity index (χ4v) is 2.11. The van der Waals surface area contributed by atoms with Gasteiger partial charge < -0.3 is 5.11 Å². The van der Waals surface area contributed by atoms with E-state index in [0.29, 0.717) is 12.0 Å². The van der Waals surface area contributed by atoms with E-state index in [1.807, 2.05) is 31.2 Å². The zero-order valence-electron chi connectivity index (χ0n) is 10.0. The normalized spacial score (nSPS) is 12.4. The maximum Gasteiger partial charge on any atom is 0.142 e. The van der Waals surface area contributed by atoms with Crippen LogP contribution in [0.5, 0.6) is 0 Å². The van der Waals surface area contributed by atoms with Crippen molar-refractivity contribution < 1.29 is 9.50 Å². The summed E-state index contributed by atoms with van der Waals surface area (Å²) in [5.74, 6) is -0.453. The summed E-state index contributed by atoms with van der Waals surface area (Å²) in [5, 5.41) is 10.2. The van der Waals surface area contributed by atoms with Gasteiger partial charge in [0.25, 0.3) is 0 Å². The van der Waals surface area contributed by atoms with E-state index in [1.54, 1.807) is 12.1 Å². The predicted molar refractivity (Wildman–Crippen MR) is 71.3 cm³/mol. The molecular weight excluding hydrogens is 251 g/mol. The Morgan fingerprint density at radius 2 is 1.94 bits per heavy atom.